The molecule has 0 aromatic carbocycles. The molecule has 0 amide bonds. The number of carboxylic acids is 1. The van der Waals surface area contributed by atoms with Crippen molar-refractivity contribution in [1.29, 1.82) is 0 Å². The van der Waals surface area contributed by atoms with Gasteiger partial charge in [-0.3, -0.25) is 4.68 Å². The van der Waals surface area contributed by atoms with E-state index in [0.29, 0.717) is 24.0 Å². The number of carbonyl (C=O) groups is 1. The molecule has 2 N–H and O–H groups in total. The fraction of sp³-hybridized carbons (Fsp3) is 0.364. The van der Waals surface area contributed by atoms with Gasteiger partial charge in [0.2, 0.25) is 0 Å². The van der Waals surface area contributed by atoms with Gasteiger partial charge in [-0.25, -0.2) is 9.78 Å². The first-order chi connectivity index (χ1) is 9.10. The molecule has 2 aromatic rings. The van der Waals surface area contributed by atoms with Crippen LogP contribution in [0.1, 0.15) is 15.4 Å². The number of aromatic nitrogens is 3. The molecule has 0 radical (unpaired) electrons. The molecule has 2 heterocycles. The molecule has 7 nitrogen and oxygen atoms in total. The van der Waals surface area contributed by atoms with Gasteiger partial charge in [0.05, 0.1) is 30.7 Å². The van der Waals surface area contributed by atoms with E-state index in [1.165, 1.54) is 0 Å². The van der Waals surface area contributed by atoms with Crippen molar-refractivity contribution in [3.63, 3.8) is 0 Å². The number of hydrogen-bond donors (Lipinski definition) is 2. The molecule has 0 spiro atoms. The van der Waals surface area contributed by atoms with Crippen molar-refractivity contribution >= 4 is 28.1 Å². The fourth-order valence-corrected chi connectivity index (χ4v) is 2.33. The van der Waals surface area contributed by atoms with Crippen LogP contribution in [-0.4, -0.2) is 39.6 Å². The van der Waals surface area contributed by atoms with Crippen molar-refractivity contribution in [2.24, 2.45) is 0 Å². The van der Waals surface area contributed by atoms with Gasteiger partial charge < -0.3 is 15.2 Å². The number of ether oxygens (including phenoxy) is 1. The van der Waals surface area contributed by atoms with Gasteiger partial charge in [0, 0.05) is 13.3 Å². The van der Waals surface area contributed by atoms with Gasteiger partial charge >= 0.3 is 5.97 Å². The zero-order valence-electron chi connectivity index (χ0n) is 10.6. The molecular weight excluding hydrogens is 268 g/mol. The van der Waals surface area contributed by atoms with E-state index in [4.69, 9.17) is 9.84 Å². The van der Waals surface area contributed by atoms with Crippen molar-refractivity contribution in [3.8, 4) is 0 Å². The van der Waals surface area contributed by atoms with Crippen LogP contribution < -0.4 is 5.32 Å². The molecule has 2 aromatic heterocycles. The Morgan fingerprint density at radius 2 is 2.42 bits per heavy atom. The van der Waals surface area contributed by atoms with E-state index in [-0.39, 0.29) is 4.88 Å². The molecule has 0 unspecified atom stereocenters. The van der Waals surface area contributed by atoms with E-state index in [2.05, 4.69) is 15.4 Å². The molecule has 0 bridgehead atoms. The highest BCUT2D eigenvalue weighted by atomic mass is 32.1. The van der Waals surface area contributed by atoms with Crippen LogP contribution in [0.3, 0.4) is 0 Å². The molecule has 19 heavy (non-hydrogen) atoms. The lowest BCUT2D eigenvalue weighted by atomic mass is 10.4. The third kappa shape index (κ3) is 3.30. The molecule has 8 heteroatoms. The van der Waals surface area contributed by atoms with Gasteiger partial charge in [-0.05, 0) is 6.92 Å². The van der Waals surface area contributed by atoms with Gasteiger partial charge in [-0.2, -0.15) is 5.10 Å². The summed E-state index contributed by atoms with van der Waals surface area (Å²) in [5.41, 5.74) is 1.27. The summed E-state index contributed by atoms with van der Waals surface area (Å²) in [5.74, 6) is -0.959. The van der Waals surface area contributed by atoms with Crippen LogP contribution in [0.2, 0.25) is 0 Å². The van der Waals surface area contributed by atoms with Crippen molar-refractivity contribution in [3.05, 3.63) is 23.0 Å². The summed E-state index contributed by atoms with van der Waals surface area (Å²) in [6.07, 6.45) is 3.48. The van der Waals surface area contributed by atoms with E-state index in [1.807, 2.05) is 6.20 Å². The molecule has 102 valence electrons. The summed E-state index contributed by atoms with van der Waals surface area (Å²) in [7, 11) is 1.63. The Balaban J connectivity index is 2.06. The minimum Gasteiger partial charge on any atom is -0.477 e. The van der Waals surface area contributed by atoms with Crippen molar-refractivity contribution in [2.75, 3.05) is 19.0 Å². The zero-order valence-corrected chi connectivity index (χ0v) is 11.4. The number of aryl methyl sites for hydroxylation is 1. The molecule has 0 aliphatic carbocycles. The molecule has 0 aliphatic rings. The van der Waals surface area contributed by atoms with Gasteiger partial charge in [0.25, 0.3) is 0 Å². The quantitative estimate of drug-likeness (QED) is 0.838. The number of carboxylic acid groups (broad SMARTS) is 1. The van der Waals surface area contributed by atoms with E-state index < -0.39 is 5.97 Å². The number of anilines is 2. The molecular formula is C11H14N4O3S. The van der Waals surface area contributed by atoms with Crippen molar-refractivity contribution in [1.82, 2.24) is 14.8 Å². The minimum absolute atomic E-state index is 0.245. The first-order valence-electron chi connectivity index (χ1n) is 5.59. The Bertz CT molecular complexity index is 578. The maximum Gasteiger partial charge on any atom is 0.347 e. The highest BCUT2D eigenvalue weighted by Gasteiger charge is 2.14. The van der Waals surface area contributed by atoms with Crippen LogP contribution in [0.15, 0.2) is 12.4 Å². The standard InChI is InChI=1S/C11H14N4O3S/c1-7-9(10(16)17)19-11(13-7)14-8-5-12-15(6-8)3-4-18-2/h5-6H,3-4H2,1-2H3,(H,13,14)(H,16,17). The lowest BCUT2D eigenvalue weighted by molar-refractivity contribution is 0.0701. The predicted octanol–water partition coefficient (Wildman–Crippen LogP) is 1.74. The van der Waals surface area contributed by atoms with Crippen molar-refractivity contribution in [2.45, 2.75) is 13.5 Å². The number of hydrogen-bond acceptors (Lipinski definition) is 6. The second-order valence-electron chi connectivity index (χ2n) is 3.85. The van der Waals surface area contributed by atoms with Gasteiger partial charge in [-0.15, -0.1) is 0 Å². The SMILES string of the molecule is COCCn1cc(Nc2nc(C)c(C(=O)O)s2)cn1. The normalized spacial score (nSPS) is 10.6. The van der Waals surface area contributed by atoms with Crippen LogP contribution >= 0.6 is 11.3 Å². The number of methoxy groups -OCH3 is 1. The van der Waals surface area contributed by atoms with Gasteiger partial charge in [0.15, 0.2) is 5.13 Å². The molecule has 0 aliphatic heterocycles. The van der Waals surface area contributed by atoms with E-state index in [0.717, 1.165) is 17.0 Å². The Kier molecular flexibility index (Phi) is 4.13. The maximum absolute atomic E-state index is 10.9. The molecule has 2 rings (SSSR count). The van der Waals surface area contributed by atoms with Crippen LogP contribution in [-0.2, 0) is 11.3 Å². The summed E-state index contributed by atoms with van der Waals surface area (Å²) in [4.78, 5) is 15.3. The number of thiazole rings is 1. The number of nitrogens with zero attached hydrogens (tertiary/aromatic N) is 3. The molecule has 0 atom stereocenters. The summed E-state index contributed by atoms with van der Waals surface area (Å²) >= 11 is 1.11. The fourth-order valence-electron chi connectivity index (χ4n) is 1.51. The van der Waals surface area contributed by atoms with Crippen molar-refractivity contribution < 1.29 is 14.6 Å². The summed E-state index contributed by atoms with van der Waals surface area (Å²) < 4.78 is 6.70. The third-order valence-corrected chi connectivity index (χ3v) is 3.46. The monoisotopic (exact) mass is 282 g/mol. The first-order valence-corrected chi connectivity index (χ1v) is 6.41. The highest BCUT2D eigenvalue weighted by molar-refractivity contribution is 7.17. The van der Waals surface area contributed by atoms with Crippen LogP contribution in [0, 0.1) is 6.92 Å². The molecule has 0 fully saturated rings. The Morgan fingerprint density at radius 3 is 3.05 bits per heavy atom. The lowest BCUT2D eigenvalue weighted by Gasteiger charge is -1.99. The van der Waals surface area contributed by atoms with E-state index in [1.54, 1.807) is 24.9 Å². The summed E-state index contributed by atoms with van der Waals surface area (Å²) in [5, 5.41) is 16.7. The molecule has 0 saturated heterocycles. The second kappa shape index (κ2) is 5.81. The van der Waals surface area contributed by atoms with Gasteiger partial charge in [0.1, 0.15) is 4.88 Å². The largest absolute Gasteiger partial charge is 0.477 e. The average Bonchev–Trinajstić information content (AvgIpc) is 2.94. The first kappa shape index (κ1) is 13.5. The lowest BCUT2D eigenvalue weighted by Crippen LogP contribution is -2.03. The van der Waals surface area contributed by atoms with Crippen LogP contribution in [0.4, 0.5) is 10.8 Å². The molecule has 0 saturated carbocycles. The maximum atomic E-state index is 10.9. The predicted molar refractivity (Wildman–Crippen MR) is 71.2 cm³/mol. The summed E-state index contributed by atoms with van der Waals surface area (Å²) in [6.45, 7) is 2.92. The average molecular weight is 282 g/mol. The number of rotatable bonds is 6. The Labute approximate surface area is 113 Å². The van der Waals surface area contributed by atoms with Gasteiger partial charge in [-0.1, -0.05) is 11.3 Å². The minimum atomic E-state index is -0.959. The zero-order chi connectivity index (χ0) is 13.8. The Hall–Kier alpha value is -1.93. The van der Waals surface area contributed by atoms with E-state index in [9.17, 15) is 4.79 Å². The topological polar surface area (TPSA) is 89.3 Å². The summed E-state index contributed by atoms with van der Waals surface area (Å²) in [6, 6.07) is 0. The second-order valence-corrected chi connectivity index (χ2v) is 4.85. The highest BCUT2D eigenvalue weighted by Crippen LogP contribution is 2.25. The van der Waals surface area contributed by atoms with Crippen LogP contribution in [0.5, 0.6) is 0 Å². The third-order valence-electron chi connectivity index (χ3n) is 2.40. The van der Waals surface area contributed by atoms with Crippen LogP contribution in [0.25, 0.3) is 0 Å². The Morgan fingerprint density at radius 1 is 1.63 bits per heavy atom. The smallest absolute Gasteiger partial charge is 0.347 e. The number of nitrogens with one attached hydrogen (secondary N) is 1. The number of aromatic carboxylic acids is 1. The van der Waals surface area contributed by atoms with E-state index >= 15 is 0 Å².